The minimum atomic E-state index is -0.586. The first-order valence-electron chi connectivity index (χ1n) is 6.57. The van der Waals surface area contributed by atoms with Crippen molar-refractivity contribution in [2.24, 2.45) is 0 Å². The molecule has 0 aliphatic heterocycles. The molecule has 1 aliphatic carbocycles. The fourth-order valence-corrected chi connectivity index (χ4v) is 2.31. The lowest BCUT2D eigenvalue weighted by Crippen LogP contribution is -2.26. The second-order valence-corrected chi connectivity index (χ2v) is 4.30. The molecule has 0 radical (unpaired) electrons. The van der Waals surface area contributed by atoms with Gasteiger partial charge in [-0.2, -0.15) is 0 Å². The fraction of sp³-hybridized carbons (Fsp3) is 0.0556. The molecule has 0 aromatic heterocycles. The summed E-state index contributed by atoms with van der Waals surface area (Å²) < 4.78 is 8.40. The van der Waals surface area contributed by atoms with E-state index >= 15 is 0 Å². The quantitative estimate of drug-likeness (QED) is 0.682. The number of hydrogen-bond acceptors (Lipinski definition) is 0. The molecular formula is C18H14. The van der Waals surface area contributed by atoms with Crippen LogP contribution in [0, 0.1) is 12.5 Å². The van der Waals surface area contributed by atoms with Crippen LogP contribution in [0.5, 0.6) is 0 Å². The Hall–Kier alpha value is -2.30. The van der Waals surface area contributed by atoms with E-state index in [1.54, 1.807) is 0 Å². The SMILES string of the molecule is [2H][C-]1C=CC=[C+]C1(c1ccccc1)c1ccccc1. The maximum atomic E-state index is 8.40. The molecule has 2 aromatic carbocycles. The molecule has 0 spiro atoms. The highest BCUT2D eigenvalue weighted by atomic mass is 14.3. The predicted octanol–water partition coefficient (Wildman–Crippen LogP) is 4.11. The van der Waals surface area contributed by atoms with E-state index < -0.39 is 5.41 Å². The second kappa shape index (κ2) is 4.52. The van der Waals surface area contributed by atoms with Crippen LogP contribution in [0.25, 0.3) is 0 Å². The molecule has 0 bridgehead atoms. The molecular weight excluding hydrogens is 216 g/mol. The molecule has 0 heterocycles. The van der Waals surface area contributed by atoms with E-state index in [1.807, 2.05) is 54.6 Å². The van der Waals surface area contributed by atoms with Gasteiger partial charge in [-0.15, -0.1) is 6.40 Å². The molecule has 0 saturated carbocycles. The Morgan fingerprint density at radius 1 is 0.889 bits per heavy atom. The maximum absolute atomic E-state index is 8.40. The van der Waals surface area contributed by atoms with E-state index in [1.165, 1.54) is 0 Å². The summed E-state index contributed by atoms with van der Waals surface area (Å²) in [7, 11) is 0. The first-order valence-corrected chi connectivity index (χ1v) is 6.07. The van der Waals surface area contributed by atoms with Gasteiger partial charge in [0.1, 0.15) is 5.41 Å². The zero-order valence-corrected chi connectivity index (χ0v) is 10.0. The first-order chi connectivity index (χ1) is 9.34. The summed E-state index contributed by atoms with van der Waals surface area (Å²) in [5.41, 5.74) is 1.57. The molecule has 3 rings (SSSR count). The van der Waals surface area contributed by atoms with Crippen molar-refractivity contribution in [3.8, 4) is 0 Å². The Morgan fingerprint density at radius 3 is 1.94 bits per heavy atom. The van der Waals surface area contributed by atoms with Crippen LogP contribution in [0.2, 0.25) is 0 Å². The van der Waals surface area contributed by atoms with Gasteiger partial charge in [-0.3, -0.25) is 0 Å². The van der Waals surface area contributed by atoms with Gasteiger partial charge >= 0.3 is 0 Å². The van der Waals surface area contributed by atoms with E-state index in [-0.39, 0.29) is 0 Å². The van der Waals surface area contributed by atoms with E-state index in [2.05, 4.69) is 30.3 Å². The second-order valence-electron chi connectivity index (χ2n) is 4.30. The highest BCUT2D eigenvalue weighted by Crippen LogP contribution is 2.37. The average molecular weight is 231 g/mol. The maximum Gasteiger partial charge on any atom is 0.153 e. The molecule has 0 unspecified atom stereocenters. The van der Waals surface area contributed by atoms with Crippen LogP contribution in [0.4, 0.5) is 0 Å². The van der Waals surface area contributed by atoms with E-state index in [4.69, 9.17) is 1.37 Å². The Morgan fingerprint density at radius 2 is 1.44 bits per heavy atom. The van der Waals surface area contributed by atoms with Crippen molar-refractivity contribution in [3.63, 3.8) is 0 Å². The fourth-order valence-electron chi connectivity index (χ4n) is 2.31. The molecule has 18 heavy (non-hydrogen) atoms. The largest absolute Gasteiger partial charge is 0.153 e. The van der Waals surface area contributed by atoms with E-state index in [0.717, 1.165) is 11.1 Å². The van der Waals surface area contributed by atoms with Crippen molar-refractivity contribution in [2.75, 3.05) is 0 Å². The minimum Gasteiger partial charge on any atom is -0.146 e. The number of allylic oxidation sites excluding steroid dienone is 4. The van der Waals surface area contributed by atoms with Crippen LogP contribution in [0.1, 0.15) is 12.5 Å². The third-order valence-electron chi connectivity index (χ3n) is 3.21. The monoisotopic (exact) mass is 231 g/mol. The van der Waals surface area contributed by atoms with Crippen LogP contribution in [-0.4, -0.2) is 0 Å². The van der Waals surface area contributed by atoms with E-state index in [9.17, 15) is 0 Å². The van der Waals surface area contributed by atoms with Gasteiger partial charge in [0.15, 0.2) is 6.08 Å². The number of hydrogen-bond donors (Lipinski definition) is 0. The van der Waals surface area contributed by atoms with Gasteiger partial charge in [0, 0.05) is 0 Å². The molecule has 0 N–H and O–H groups in total. The van der Waals surface area contributed by atoms with Gasteiger partial charge < -0.3 is 0 Å². The van der Waals surface area contributed by atoms with Crippen LogP contribution in [-0.2, 0) is 5.41 Å². The van der Waals surface area contributed by atoms with Crippen molar-refractivity contribution < 1.29 is 1.37 Å². The van der Waals surface area contributed by atoms with Crippen molar-refractivity contribution >= 4 is 0 Å². The van der Waals surface area contributed by atoms with Crippen molar-refractivity contribution in [1.82, 2.24) is 0 Å². The van der Waals surface area contributed by atoms with Crippen LogP contribution in [0.15, 0.2) is 78.9 Å². The van der Waals surface area contributed by atoms with Crippen molar-refractivity contribution in [1.29, 1.82) is 0 Å². The molecule has 0 heteroatoms. The van der Waals surface area contributed by atoms with Gasteiger partial charge in [0.25, 0.3) is 0 Å². The van der Waals surface area contributed by atoms with Gasteiger partial charge in [-0.1, -0.05) is 68.1 Å². The van der Waals surface area contributed by atoms with Crippen molar-refractivity contribution in [3.05, 3.63) is 102 Å². The standard InChI is InChI=1S/C18H14/c1-4-10-16(11-5-1)18(14-8-3-9-15-18)17-12-6-2-7-13-17/h1-14H/i14D. The molecule has 0 atom stereocenters. The molecule has 0 saturated heterocycles. The summed E-state index contributed by atoms with van der Waals surface area (Å²) in [6.07, 6.45) is 9.54. The average Bonchev–Trinajstić information content (AvgIpc) is 2.50. The van der Waals surface area contributed by atoms with Gasteiger partial charge in [-0.05, 0) is 11.1 Å². The third kappa shape index (κ3) is 1.73. The molecule has 0 fully saturated rings. The lowest BCUT2D eigenvalue weighted by Gasteiger charge is -2.29. The van der Waals surface area contributed by atoms with Gasteiger partial charge in [-0.25, -0.2) is 0 Å². The zero-order valence-electron chi connectivity index (χ0n) is 11.0. The summed E-state index contributed by atoms with van der Waals surface area (Å²) in [4.78, 5) is 0. The summed E-state index contributed by atoms with van der Waals surface area (Å²) in [6, 6.07) is 20.2. The highest BCUT2D eigenvalue weighted by Gasteiger charge is 2.34. The lowest BCUT2D eigenvalue weighted by molar-refractivity contribution is 0.741. The van der Waals surface area contributed by atoms with Crippen molar-refractivity contribution in [2.45, 2.75) is 5.41 Å². The number of rotatable bonds is 2. The third-order valence-corrected chi connectivity index (χ3v) is 3.21. The summed E-state index contributed by atoms with van der Waals surface area (Å²) in [6.45, 7) is 0. The smallest absolute Gasteiger partial charge is 0.146 e. The molecule has 86 valence electrons. The molecule has 0 nitrogen and oxygen atoms in total. The van der Waals surface area contributed by atoms with Gasteiger partial charge in [0.2, 0.25) is 0 Å². The van der Waals surface area contributed by atoms with E-state index in [0.29, 0.717) is 6.40 Å². The predicted molar refractivity (Wildman–Crippen MR) is 74.9 cm³/mol. The Balaban J connectivity index is 2.23. The highest BCUT2D eigenvalue weighted by molar-refractivity contribution is 5.49. The van der Waals surface area contributed by atoms with Crippen LogP contribution in [0.3, 0.4) is 0 Å². The normalized spacial score (nSPS) is 17.1. The zero-order chi connectivity index (χ0) is 13.1. The summed E-state index contributed by atoms with van der Waals surface area (Å²) in [5.74, 6) is 0. The topological polar surface area (TPSA) is 0 Å². The summed E-state index contributed by atoms with van der Waals surface area (Å²) >= 11 is 0. The molecule has 0 amide bonds. The van der Waals surface area contributed by atoms with Gasteiger partial charge in [0.05, 0.1) is 12.2 Å². The van der Waals surface area contributed by atoms with Crippen LogP contribution < -0.4 is 0 Å². The Bertz CT molecular complexity index is 557. The molecule has 2 aromatic rings. The number of benzene rings is 2. The lowest BCUT2D eigenvalue weighted by atomic mass is 9.70. The minimum absolute atomic E-state index is 0.549. The Kier molecular flexibility index (Phi) is 2.44. The van der Waals surface area contributed by atoms with Crippen LogP contribution >= 0.6 is 0 Å². The first kappa shape index (κ1) is 9.70. The molecule has 1 aliphatic rings. The Labute approximate surface area is 110 Å². The summed E-state index contributed by atoms with van der Waals surface area (Å²) in [5, 5.41) is 0.